The van der Waals surface area contributed by atoms with Gasteiger partial charge in [-0.2, -0.15) is 0 Å². The van der Waals surface area contributed by atoms with Crippen LogP contribution < -0.4 is 0 Å². The third-order valence-electron chi connectivity index (χ3n) is 1.89. The van der Waals surface area contributed by atoms with E-state index in [9.17, 15) is 0 Å². The largest absolute Gasteiger partial charge is 0.347 e. The van der Waals surface area contributed by atoms with Gasteiger partial charge in [-0.15, -0.1) is 0 Å². The molecule has 2 bridgehead atoms. The van der Waals surface area contributed by atoms with Gasteiger partial charge < -0.3 is 9.47 Å². The summed E-state index contributed by atoms with van der Waals surface area (Å²) >= 11 is 0. The molecule has 0 aromatic heterocycles. The average Bonchev–Trinajstić information content (AvgIpc) is 2.25. The van der Waals surface area contributed by atoms with E-state index in [1.165, 1.54) is 0 Å². The molecule has 3 atom stereocenters. The van der Waals surface area contributed by atoms with Crippen LogP contribution in [0.5, 0.6) is 0 Å². The van der Waals surface area contributed by atoms with Crippen LogP contribution in [0.2, 0.25) is 0 Å². The van der Waals surface area contributed by atoms with Crippen molar-refractivity contribution in [2.75, 3.05) is 0 Å². The van der Waals surface area contributed by atoms with E-state index in [4.69, 9.17) is 13.6 Å². The van der Waals surface area contributed by atoms with Gasteiger partial charge in [0.1, 0.15) is 0 Å². The molecule has 2 rings (SSSR count). The van der Waals surface area contributed by atoms with Crippen molar-refractivity contribution in [3.8, 4) is 0 Å². The van der Waals surface area contributed by atoms with E-state index in [0.717, 1.165) is 19.3 Å². The summed E-state index contributed by atoms with van der Waals surface area (Å²) in [7, 11) is 0. The van der Waals surface area contributed by atoms with E-state index in [1.54, 1.807) is 0 Å². The Morgan fingerprint density at radius 2 is 2.44 bits per heavy atom. The Hall–Kier alpha value is -0.0800. The predicted molar refractivity (Wildman–Crippen MR) is 33.1 cm³/mol. The molecular weight excluding hydrogens is 116 g/mol. The first-order valence-corrected chi connectivity index (χ1v) is 3.38. The third-order valence-corrected chi connectivity index (χ3v) is 1.89. The lowest BCUT2D eigenvalue weighted by molar-refractivity contribution is -0.0855. The zero-order valence-electron chi connectivity index (χ0n) is 8.17. The number of fused-ring (bicyclic) bond motifs is 2. The van der Waals surface area contributed by atoms with Crippen molar-refractivity contribution in [3.63, 3.8) is 0 Å². The van der Waals surface area contributed by atoms with Crippen LogP contribution in [0.15, 0.2) is 0 Å². The molecule has 0 radical (unpaired) electrons. The van der Waals surface area contributed by atoms with Crippen molar-refractivity contribution in [2.45, 2.75) is 44.6 Å². The van der Waals surface area contributed by atoms with Gasteiger partial charge in [-0.25, -0.2) is 0 Å². The van der Waals surface area contributed by atoms with Crippen LogP contribution >= 0.6 is 0 Å². The Labute approximate surface area is 59.4 Å². The first-order chi connectivity index (χ1) is 5.57. The Balaban J connectivity index is 2.09. The fourth-order valence-corrected chi connectivity index (χ4v) is 1.39. The average molecular weight is 131 g/mol. The molecule has 2 saturated heterocycles. The summed E-state index contributed by atoms with van der Waals surface area (Å²) in [5.74, 6) is 0. The fraction of sp³-hybridized carbons (Fsp3) is 1.00. The van der Waals surface area contributed by atoms with Crippen LogP contribution in [0, 0.1) is 0 Å². The lowest BCUT2D eigenvalue weighted by atomic mass is 10.1. The number of rotatable bonds is 0. The maximum Gasteiger partial charge on any atom is 0.158 e. The van der Waals surface area contributed by atoms with Gasteiger partial charge in [-0.05, 0) is 26.1 Å². The summed E-state index contributed by atoms with van der Waals surface area (Å²) < 4.78 is 32.2. The van der Waals surface area contributed by atoms with E-state index in [0.29, 0.717) is 0 Å². The summed E-state index contributed by atoms with van der Waals surface area (Å²) in [6, 6.07) is 0. The molecule has 2 aliphatic rings. The molecule has 2 aliphatic heterocycles. The fourth-order valence-electron chi connectivity index (χ4n) is 1.39. The van der Waals surface area contributed by atoms with E-state index < -0.39 is 13.0 Å². The normalized spacial score (nSPS) is 56.0. The molecular formula is C7H12O2. The van der Waals surface area contributed by atoms with Crippen molar-refractivity contribution < 1.29 is 13.6 Å². The molecule has 0 aromatic rings. The molecule has 0 spiro atoms. The van der Waals surface area contributed by atoms with E-state index in [2.05, 4.69) is 0 Å². The van der Waals surface area contributed by atoms with Gasteiger partial charge in [0.25, 0.3) is 0 Å². The third kappa shape index (κ3) is 0.864. The first-order valence-electron chi connectivity index (χ1n) is 4.88. The van der Waals surface area contributed by atoms with Gasteiger partial charge in [0.05, 0.1) is 12.2 Å². The summed E-state index contributed by atoms with van der Waals surface area (Å²) in [4.78, 5) is 0. The second-order valence-corrected chi connectivity index (χ2v) is 2.59. The second-order valence-electron chi connectivity index (χ2n) is 2.59. The molecule has 2 fully saturated rings. The summed E-state index contributed by atoms with van der Waals surface area (Å²) in [5, 5.41) is 0. The lowest BCUT2D eigenvalue weighted by Gasteiger charge is -2.16. The molecule has 0 N–H and O–H groups in total. The van der Waals surface area contributed by atoms with Gasteiger partial charge in [0, 0.05) is 4.11 Å². The molecule has 52 valence electrons. The Bertz CT molecular complexity index is 180. The smallest absolute Gasteiger partial charge is 0.158 e. The van der Waals surface area contributed by atoms with Crippen LogP contribution in [0.25, 0.3) is 0 Å². The minimum Gasteiger partial charge on any atom is -0.347 e. The minimum absolute atomic E-state index is 0.198. The van der Waals surface area contributed by atoms with Gasteiger partial charge in [-0.3, -0.25) is 0 Å². The van der Waals surface area contributed by atoms with E-state index in [1.807, 2.05) is 0 Å². The predicted octanol–water partition coefficient (Wildman–Crippen LogP) is 1.30. The van der Waals surface area contributed by atoms with Gasteiger partial charge in [0.2, 0.25) is 0 Å². The molecule has 2 heterocycles. The zero-order valence-corrected chi connectivity index (χ0v) is 5.17. The molecule has 2 heteroatoms. The minimum atomic E-state index is -2.02. The van der Waals surface area contributed by atoms with Gasteiger partial charge in [-0.1, -0.05) is 0 Å². The standard InChI is InChI=1S/C7H12O2/c1-5-6-3-2-4-7(8-5)9-6/h5-7H,2-4H2,1H3/t5-,6+,7-/m0/s1/i1D3. The van der Waals surface area contributed by atoms with Gasteiger partial charge >= 0.3 is 0 Å². The van der Waals surface area contributed by atoms with E-state index in [-0.39, 0.29) is 12.4 Å². The van der Waals surface area contributed by atoms with Crippen LogP contribution in [-0.4, -0.2) is 18.5 Å². The maximum absolute atomic E-state index is 7.21. The highest BCUT2D eigenvalue weighted by Crippen LogP contribution is 2.30. The Morgan fingerprint density at radius 3 is 3.22 bits per heavy atom. The van der Waals surface area contributed by atoms with Crippen molar-refractivity contribution in [3.05, 3.63) is 0 Å². The summed E-state index contributed by atoms with van der Waals surface area (Å²) in [6.07, 6.45) is 1.53. The Kier molecular flexibility index (Phi) is 0.729. The van der Waals surface area contributed by atoms with Crippen molar-refractivity contribution in [1.82, 2.24) is 0 Å². The topological polar surface area (TPSA) is 18.5 Å². The van der Waals surface area contributed by atoms with Crippen molar-refractivity contribution >= 4 is 0 Å². The first kappa shape index (κ1) is 3.35. The monoisotopic (exact) mass is 131 g/mol. The molecule has 2 nitrogen and oxygen atoms in total. The summed E-state index contributed by atoms with van der Waals surface area (Å²) in [5.41, 5.74) is 0. The van der Waals surface area contributed by atoms with Crippen molar-refractivity contribution in [2.24, 2.45) is 0 Å². The van der Waals surface area contributed by atoms with Crippen LogP contribution in [-0.2, 0) is 9.47 Å². The van der Waals surface area contributed by atoms with Crippen LogP contribution in [0.4, 0.5) is 0 Å². The molecule has 9 heavy (non-hydrogen) atoms. The Morgan fingerprint density at radius 1 is 1.44 bits per heavy atom. The van der Waals surface area contributed by atoms with Crippen LogP contribution in [0.3, 0.4) is 0 Å². The molecule has 0 amide bonds. The van der Waals surface area contributed by atoms with Crippen LogP contribution in [0.1, 0.15) is 30.2 Å². The number of hydrogen-bond acceptors (Lipinski definition) is 2. The van der Waals surface area contributed by atoms with Gasteiger partial charge in [0.15, 0.2) is 6.29 Å². The molecule has 0 saturated carbocycles. The molecule has 0 aliphatic carbocycles. The maximum atomic E-state index is 7.21. The van der Waals surface area contributed by atoms with Crippen molar-refractivity contribution in [1.29, 1.82) is 0 Å². The zero-order chi connectivity index (χ0) is 8.77. The summed E-state index contributed by atoms with van der Waals surface area (Å²) in [6.45, 7) is -2.02. The SMILES string of the molecule is [2H]C([2H])([2H])[C@@H]1O[C@@H]2CCC[C@H]1O2. The highest BCUT2D eigenvalue weighted by Gasteiger charge is 2.35. The van der Waals surface area contributed by atoms with E-state index >= 15 is 0 Å². The highest BCUT2D eigenvalue weighted by molar-refractivity contribution is 4.78. The highest BCUT2D eigenvalue weighted by atomic mass is 16.7. The second kappa shape index (κ2) is 1.96. The molecule has 0 unspecified atom stereocenters. The quantitative estimate of drug-likeness (QED) is 0.493. The lowest BCUT2D eigenvalue weighted by Crippen LogP contribution is -2.21. The number of ether oxygens (including phenoxy) is 2. The number of hydrogen-bond donors (Lipinski definition) is 0. The molecule has 0 aromatic carbocycles.